The molecule has 0 atom stereocenters. The van der Waals surface area contributed by atoms with Gasteiger partial charge in [0.1, 0.15) is 11.6 Å². The van der Waals surface area contributed by atoms with E-state index in [1.807, 2.05) is 43.3 Å². The van der Waals surface area contributed by atoms with E-state index in [-0.39, 0.29) is 11.0 Å². The Labute approximate surface area is 193 Å². The lowest BCUT2D eigenvalue weighted by molar-refractivity contribution is 0.206. The van der Waals surface area contributed by atoms with Crippen LogP contribution in [0, 0.1) is 0 Å². The number of ether oxygens (including phenoxy) is 2. The summed E-state index contributed by atoms with van der Waals surface area (Å²) in [6, 6.07) is 8.70. The molecular weight excluding hydrogens is 448 g/mol. The summed E-state index contributed by atoms with van der Waals surface area (Å²) >= 11 is 1.42. The van der Waals surface area contributed by atoms with Crippen LogP contribution in [0.4, 0.5) is 16.6 Å². The third-order valence-electron chi connectivity index (χ3n) is 4.55. The van der Waals surface area contributed by atoms with Gasteiger partial charge >= 0.3 is 0 Å². The molecule has 0 saturated carbocycles. The molecular formula is C22H28N4O4S2. The van der Waals surface area contributed by atoms with Crippen molar-refractivity contribution in [2.24, 2.45) is 0 Å². The maximum absolute atomic E-state index is 12.0. The molecule has 0 aliphatic heterocycles. The monoisotopic (exact) mass is 476 g/mol. The summed E-state index contributed by atoms with van der Waals surface area (Å²) in [4.78, 5) is 11.4. The number of likely N-dealkylation sites (N-methyl/N-ethyl adjacent to an activating group) is 1. The molecule has 32 heavy (non-hydrogen) atoms. The van der Waals surface area contributed by atoms with Gasteiger partial charge in [-0.05, 0) is 44.2 Å². The topological polar surface area (TPSA) is 93.7 Å². The van der Waals surface area contributed by atoms with Crippen LogP contribution in [-0.4, -0.2) is 58.1 Å². The molecule has 2 aromatic heterocycles. The number of pyridine rings is 1. The summed E-state index contributed by atoms with van der Waals surface area (Å²) in [5, 5.41) is 5.76. The highest BCUT2D eigenvalue weighted by molar-refractivity contribution is 7.90. The van der Waals surface area contributed by atoms with Crippen LogP contribution in [0.3, 0.4) is 0 Å². The molecule has 0 aliphatic rings. The van der Waals surface area contributed by atoms with Gasteiger partial charge in [-0.25, -0.2) is 18.4 Å². The zero-order valence-electron chi connectivity index (χ0n) is 18.8. The Hall–Kier alpha value is -2.69. The number of nitrogens with one attached hydrogen (secondary N) is 1. The predicted molar refractivity (Wildman–Crippen MR) is 129 cm³/mol. The standard InChI is InChI=1S/C22H28N4O4S2/c1-15(2)30-20-8-7-17(32(5,27)28)12-18(20)24-22-25-19(14-31-22)16-6-9-21(23-13-16)26(3)10-11-29-4/h6-9,12-15H,10-11H2,1-5H3,(H,24,25). The summed E-state index contributed by atoms with van der Waals surface area (Å²) in [6.45, 7) is 5.21. The second-order valence-corrected chi connectivity index (χ2v) is 10.5. The summed E-state index contributed by atoms with van der Waals surface area (Å²) in [5.41, 5.74) is 2.22. The summed E-state index contributed by atoms with van der Waals surface area (Å²) in [6.07, 6.45) is 2.91. The average Bonchev–Trinajstić information content (AvgIpc) is 3.20. The molecule has 0 spiro atoms. The van der Waals surface area contributed by atoms with Gasteiger partial charge in [0.05, 0.1) is 29.0 Å². The van der Waals surface area contributed by atoms with E-state index in [4.69, 9.17) is 9.47 Å². The number of thiazole rings is 1. The molecule has 0 aliphatic carbocycles. The first kappa shape index (κ1) is 24.0. The van der Waals surface area contributed by atoms with Crippen LogP contribution >= 0.6 is 11.3 Å². The normalized spacial score (nSPS) is 11.6. The average molecular weight is 477 g/mol. The molecule has 0 bridgehead atoms. The lowest BCUT2D eigenvalue weighted by Gasteiger charge is -2.17. The number of sulfone groups is 1. The van der Waals surface area contributed by atoms with Crippen LogP contribution in [0.25, 0.3) is 11.3 Å². The van der Waals surface area contributed by atoms with E-state index in [1.54, 1.807) is 31.5 Å². The Morgan fingerprint density at radius 3 is 2.62 bits per heavy atom. The molecule has 3 aromatic rings. The molecule has 0 unspecified atom stereocenters. The first-order valence-electron chi connectivity index (χ1n) is 10.1. The Bertz CT molecular complexity index is 1140. The first-order valence-corrected chi connectivity index (χ1v) is 12.8. The van der Waals surface area contributed by atoms with Crippen LogP contribution in [-0.2, 0) is 14.6 Å². The fourth-order valence-corrected chi connectivity index (χ4v) is 4.26. The van der Waals surface area contributed by atoms with Crippen molar-refractivity contribution in [3.8, 4) is 17.0 Å². The van der Waals surface area contributed by atoms with E-state index in [0.717, 1.165) is 23.6 Å². The van der Waals surface area contributed by atoms with Crippen LogP contribution in [0.5, 0.6) is 5.75 Å². The third kappa shape index (κ3) is 6.18. The summed E-state index contributed by atoms with van der Waals surface area (Å²) < 4.78 is 34.9. The lowest BCUT2D eigenvalue weighted by Crippen LogP contribution is -2.22. The second kappa shape index (κ2) is 10.3. The van der Waals surface area contributed by atoms with E-state index < -0.39 is 9.84 Å². The van der Waals surface area contributed by atoms with E-state index in [9.17, 15) is 8.42 Å². The number of nitrogens with zero attached hydrogens (tertiary/aromatic N) is 3. The molecule has 10 heteroatoms. The molecule has 8 nitrogen and oxygen atoms in total. The van der Waals surface area contributed by atoms with Crippen molar-refractivity contribution in [2.75, 3.05) is 43.8 Å². The molecule has 0 amide bonds. The van der Waals surface area contributed by atoms with Crippen molar-refractivity contribution in [1.29, 1.82) is 0 Å². The summed E-state index contributed by atoms with van der Waals surface area (Å²) in [5.74, 6) is 1.42. The molecule has 1 N–H and O–H groups in total. The van der Waals surface area contributed by atoms with E-state index in [0.29, 0.717) is 23.2 Å². The number of aromatic nitrogens is 2. The smallest absolute Gasteiger partial charge is 0.187 e. The van der Waals surface area contributed by atoms with E-state index >= 15 is 0 Å². The lowest BCUT2D eigenvalue weighted by atomic mass is 10.2. The van der Waals surface area contributed by atoms with Crippen LogP contribution in [0.1, 0.15) is 13.8 Å². The van der Waals surface area contributed by atoms with Gasteiger partial charge in [-0.2, -0.15) is 0 Å². The minimum Gasteiger partial charge on any atom is -0.489 e. The summed E-state index contributed by atoms with van der Waals surface area (Å²) in [7, 11) is 0.289. The van der Waals surface area contributed by atoms with Gasteiger partial charge in [0.25, 0.3) is 0 Å². The van der Waals surface area contributed by atoms with Crippen molar-refractivity contribution in [1.82, 2.24) is 9.97 Å². The SMILES string of the molecule is COCCN(C)c1ccc(-c2csc(Nc3cc(S(C)(=O)=O)ccc3OC(C)C)n2)cn1. The zero-order chi connectivity index (χ0) is 23.3. The van der Waals surface area contributed by atoms with Crippen LogP contribution in [0.2, 0.25) is 0 Å². The zero-order valence-corrected chi connectivity index (χ0v) is 20.5. The minimum atomic E-state index is -3.35. The highest BCUT2D eigenvalue weighted by Crippen LogP contribution is 2.34. The predicted octanol–water partition coefficient (Wildman–Crippen LogP) is 4.22. The van der Waals surface area contributed by atoms with Crippen LogP contribution in [0.15, 0.2) is 46.8 Å². The van der Waals surface area contributed by atoms with Crippen molar-refractivity contribution in [3.05, 3.63) is 41.9 Å². The van der Waals surface area contributed by atoms with Gasteiger partial charge in [-0.15, -0.1) is 11.3 Å². The number of methoxy groups -OCH3 is 1. The molecule has 0 fully saturated rings. The first-order chi connectivity index (χ1) is 15.2. The number of hydrogen-bond donors (Lipinski definition) is 1. The third-order valence-corrected chi connectivity index (χ3v) is 6.42. The molecule has 0 saturated heterocycles. The molecule has 0 radical (unpaired) electrons. The number of benzene rings is 1. The van der Waals surface area contributed by atoms with Crippen molar-refractivity contribution in [3.63, 3.8) is 0 Å². The van der Waals surface area contributed by atoms with Gasteiger partial charge in [0.15, 0.2) is 15.0 Å². The van der Waals surface area contributed by atoms with Gasteiger partial charge in [-0.1, -0.05) is 0 Å². The molecule has 172 valence electrons. The second-order valence-electron chi connectivity index (χ2n) is 7.58. The highest BCUT2D eigenvalue weighted by Gasteiger charge is 2.15. The van der Waals surface area contributed by atoms with Gasteiger partial charge in [-0.3, -0.25) is 0 Å². The molecule has 2 heterocycles. The largest absolute Gasteiger partial charge is 0.489 e. The quantitative estimate of drug-likeness (QED) is 0.465. The number of rotatable bonds is 10. The fraction of sp³-hybridized carbons (Fsp3) is 0.364. The minimum absolute atomic E-state index is 0.0573. The number of hydrogen-bond acceptors (Lipinski definition) is 9. The van der Waals surface area contributed by atoms with E-state index in [1.165, 1.54) is 17.6 Å². The van der Waals surface area contributed by atoms with Crippen LogP contribution < -0.4 is 15.0 Å². The fourth-order valence-electron chi connectivity index (χ4n) is 2.88. The Kier molecular flexibility index (Phi) is 7.70. The Balaban J connectivity index is 1.81. The van der Waals surface area contributed by atoms with E-state index in [2.05, 4.69) is 15.3 Å². The molecule has 3 rings (SSSR count). The Morgan fingerprint density at radius 2 is 2.00 bits per heavy atom. The Morgan fingerprint density at radius 1 is 1.22 bits per heavy atom. The highest BCUT2D eigenvalue weighted by atomic mass is 32.2. The maximum atomic E-state index is 12.0. The van der Waals surface area contributed by atoms with Gasteiger partial charge in [0, 0.05) is 44.1 Å². The van der Waals surface area contributed by atoms with Crippen molar-refractivity contribution in [2.45, 2.75) is 24.8 Å². The van der Waals surface area contributed by atoms with Crippen molar-refractivity contribution < 1.29 is 17.9 Å². The van der Waals surface area contributed by atoms with Gasteiger partial charge in [0.2, 0.25) is 0 Å². The van der Waals surface area contributed by atoms with Gasteiger partial charge < -0.3 is 19.7 Å². The molecule has 1 aromatic carbocycles. The maximum Gasteiger partial charge on any atom is 0.187 e. The van der Waals surface area contributed by atoms with Crippen molar-refractivity contribution >= 4 is 37.8 Å². The number of anilines is 3.